The number of fused-ring (bicyclic) bond motifs is 1. The summed E-state index contributed by atoms with van der Waals surface area (Å²) in [4.78, 5) is 12.3. The highest BCUT2D eigenvalue weighted by Gasteiger charge is 2.42. The molecule has 7 heteroatoms. The minimum atomic E-state index is -4.82. The molecule has 3 rings (SSSR count). The Bertz CT molecular complexity index is 737. The lowest BCUT2D eigenvalue weighted by Crippen LogP contribution is -2.42. The molecule has 0 saturated carbocycles. The Morgan fingerprint density at radius 1 is 1.17 bits per heavy atom. The smallest absolute Gasteiger partial charge is 0.361 e. The van der Waals surface area contributed by atoms with Gasteiger partial charge in [0.05, 0.1) is 0 Å². The number of alkyl halides is 3. The van der Waals surface area contributed by atoms with Crippen molar-refractivity contribution in [3.8, 4) is 11.3 Å². The Hall–Kier alpha value is -2.31. The molecule has 122 valence electrons. The first-order valence-corrected chi connectivity index (χ1v) is 7.26. The van der Waals surface area contributed by atoms with Crippen LogP contribution in [-0.2, 0) is 17.6 Å². The highest BCUT2D eigenvalue weighted by Crippen LogP contribution is 2.26. The molecule has 0 bridgehead atoms. The molecule has 0 fully saturated rings. The fraction of sp³-hybridized carbons (Fsp3) is 0.375. The van der Waals surface area contributed by atoms with Crippen molar-refractivity contribution in [2.24, 2.45) is 0 Å². The second-order valence-corrected chi connectivity index (χ2v) is 5.60. The molecule has 4 nitrogen and oxygen atoms in total. The number of carbonyl (C=O) groups excluding carboxylic acids is 1. The molecule has 0 unspecified atom stereocenters. The van der Waals surface area contributed by atoms with Crippen molar-refractivity contribution in [2.45, 2.75) is 25.9 Å². The normalized spacial score (nSPS) is 15.2. The number of aromatic nitrogens is 1. The minimum absolute atomic E-state index is 0.0621. The van der Waals surface area contributed by atoms with Gasteiger partial charge in [-0.3, -0.25) is 4.79 Å². The lowest BCUT2D eigenvalue weighted by molar-refractivity contribution is -0.185. The summed E-state index contributed by atoms with van der Waals surface area (Å²) in [6.45, 7) is 1.93. The van der Waals surface area contributed by atoms with Gasteiger partial charge in [0.1, 0.15) is 11.5 Å². The highest BCUT2D eigenvalue weighted by atomic mass is 19.4. The summed E-state index contributed by atoms with van der Waals surface area (Å²) in [6.07, 6.45) is -4.02. The Labute approximate surface area is 130 Å². The summed E-state index contributed by atoms with van der Waals surface area (Å²) in [6, 6.07) is 7.47. The molecule has 1 amide bonds. The lowest BCUT2D eigenvalue weighted by atomic mass is 9.99. The van der Waals surface area contributed by atoms with Gasteiger partial charge >= 0.3 is 12.1 Å². The van der Waals surface area contributed by atoms with Gasteiger partial charge in [-0.15, -0.1) is 0 Å². The molecule has 1 aromatic heterocycles. The number of rotatable bonds is 1. The third-order valence-corrected chi connectivity index (χ3v) is 3.96. The zero-order valence-electron chi connectivity index (χ0n) is 12.5. The molecule has 1 aliphatic rings. The van der Waals surface area contributed by atoms with E-state index in [1.165, 1.54) is 0 Å². The van der Waals surface area contributed by atoms with Gasteiger partial charge < -0.3 is 9.42 Å². The molecule has 23 heavy (non-hydrogen) atoms. The van der Waals surface area contributed by atoms with Crippen LogP contribution in [0.4, 0.5) is 13.2 Å². The van der Waals surface area contributed by atoms with Crippen molar-refractivity contribution in [3.63, 3.8) is 0 Å². The molecule has 0 atom stereocenters. The van der Waals surface area contributed by atoms with E-state index in [0.29, 0.717) is 24.3 Å². The molecule has 0 N–H and O–H groups in total. The number of halogens is 3. The maximum atomic E-state index is 12.6. The molecule has 1 aliphatic heterocycles. The Morgan fingerprint density at radius 3 is 2.48 bits per heavy atom. The highest BCUT2D eigenvalue weighted by molar-refractivity contribution is 5.82. The van der Waals surface area contributed by atoms with Crippen molar-refractivity contribution >= 4 is 5.91 Å². The van der Waals surface area contributed by atoms with Gasteiger partial charge in [0.2, 0.25) is 0 Å². The quantitative estimate of drug-likeness (QED) is 0.809. The second kappa shape index (κ2) is 5.72. The van der Waals surface area contributed by atoms with E-state index in [0.717, 1.165) is 21.6 Å². The SMILES string of the molecule is Cc1cc(-c2ccc3c(c2)CCN(C(=O)C(F)(F)F)CC3)no1. The monoisotopic (exact) mass is 324 g/mol. The second-order valence-electron chi connectivity index (χ2n) is 5.60. The standard InChI is InChI=1S/C16H15F3N2O2/c1-10-8-14(20-23-10)13-3-2-11-4-6-21(7-5-12(11)9-13)15(22)16(17,18)19/h2-3,8-9H,4-7H2,1H3. The zero-order chi connectivity index (χ0) is 16.6. The summed E-state index contributed by atoms with van der Waals surface area (Å²) < 4.78 is 42.8. The Kier molecular flexibility index (Phi) is 3.87. The molecular formula is C16H15F3N2O2. The fourth-order valence-electron chi connectivity index (χ4n) is 2.77. The van der Waals surface area contributed by atoms with Gasteiger partial charge in [-0.1, -0.05) is 17.3 Å². The Balaban J connectivity index is 1.82. The van der Waals surface area contributed by atoms with Crippen molar-refractivity contribution in [1.82, 2.24) is 10.1 Å². The van der Waals surface area contributed by atoms with E-state index < -0.39 is 12.1 Å². The summed E-state index contributed by atoms with van der Waals surface area (Å²) in [7, 11) is 0. The van der Waals surface area contributed by atoms with Crippen molar-refractivity contribution < 1.29 is 22.5 Å². The van der Waals surface area contributed by atoms with Crippen molar-refractivity contribution in [2.75, 3.05) is 13.1 Å². The van der Waals surface area contributed by atoms with E-state index in [9.17, 15) is 18.0 Å². The third-order valence-electron chi connectivity index (χ3n) is 3.96. The number of aryl methyl sites for hydroxylation is 1. The van der Waals surface area contributed by atoms with Crippen LogP contribution in [0.1, 0.15) is 16.9 Å². The van der Waals surface area contributed by atoms with Crippen LogP contribution in [0.2, 0.25) is 0 Å². The number of carbonyl (C=O) groups is 1. The predicted octanol–water partition coefficient (Wildman–Crippen LogP) is 3.14. The predicted molar refractivity (Wildman–Crippen MR) is 76.7 cm³/mol. The van der Waals surface area contributed by atoms with Crippen LogP contribution in [-0.4, -0.2) is 35.2 Å². The number of nitrogens with zero attached hydrogens (tertiary/aromatic N) is 2. The molecule has 0 radical (unpaired) electrons. The van der Waals surface area contributed by atoms with Crippen LogP contribution in [0.25, 0.3) is 11.3 Å². The fourth-order valence-corrected chi connectivity index (χ4v) is 2.77. The lowest BCUT2D eigenvalue weighted by Gasteiger charge is -2.21. The number of hydrogen-bond acceptors (Lipinski definition) is 3. The molecule has 0 saturated heterocycles. The first-order valence-electron chi connectivity index (χ1n) is 7.26. The largest absolute Gasteiger partial charge is 0.471 e. The van der Waals surface area contributed by atoms with Crippen LogP contribution < -0.4 is 0 Å². The Morgan fingerprint density at radius 2 is 1.87 bits per heavy atom. The van der Waals surface area contributed by atoms with Crippen LogP contribution in [0.3, 0.4) is 0 Å². The van der Waals surface area contributed by atoms with Gasteiger partial charge in [0, 0.05) is 24.7 Å². The van der Waals surface area contributed by atoms with Crippen molar-refractivity contribution in [3.05, 3.63) is 41.2 Å². The van der Waals surface area contributed by atoms with E-state index in [4.69, 9.17) is 4.52 Å². The maximum Gasteiger partial charge on any atom is 0.471 e. The molecule has 0 aliphatic carbocycles. The van der Waals surface area contributed by atoms with E-state index in [-0.39, 0.29) is 13.1 Å². The minimum Gasteiger partial charge on any atom is -0.361 e. The topological polar surface area (TPSA) is 46.3 Å². The summed E-state index contributed by atoms with van der Waals surface area (Å²) >= 11 is 0. The molecular weight excluding hydrogens is 309 g/mol. The van der Waals surface area contributed by atoms with E-state index >= 15 is 0 Å². The van der Waals surface area contributed by atoms with Gasteiger partial charge in [-0.2, -0.15) is 13.2 Å². The van der Waals surface area contributed by atoms with Crippen LogP contribution in [0, 0.1) is 6.92 Å². The molecule has 2 heterocycles. The first-order chi connectivity index (χ1) is 10.8. The maximum absolute atomic E-state index is 12.6. The molecule has 1 aromatic carbocycles. The number of benzene rings is 1. The van der Waals surface area contributed by atoms with Gasteiger partial charge in [-0.25, -0.2) is 0 Å². The number of amides is 1. The zero-order valence-corrected chi connectivity index (χ0v) is 12.5. The first kappa shape index (κ1) is 15.6. The summed E-state index contributed by atoms with van der Waals surface area (Å²) in [5.41, 5.74) is 3.46. The van der Waals surface area contributed by atoms with E-state index in [2.05, 4.69) is 5.16 Å². The third kappa shape index (κ3) is 3.23. The van der Waals surface area contributed by atoms with Gasteiger partial charge in [0.15, 0.2) is 0 Å². The summed E-state index contributed by atoms with van der Waals surface area (Å²) in [5, 5.41) is 3.95. The average Bonchev–Trinajstić information content (AvgIpc) is 2.81. The van der Waals surface area contributed by atoms with Crippen LogP contribution in [0.5, 0.6) is 0 Å². The van der Waals surface area contributed by atoms with E-state index in [1.807, 2.05) is 18.2 Å². The molecule has 0 spiro atoms. The van der Waals surface area contributed by atoms with Crippen molar-refractivity contribution in [1.29, 1.82) is 0 Å². The van der Waals surface area contributed by atoms with Crippen LogP contribution >= 0.6 is 0 Å². The average molecular weight is 324 g/mol. The summed E-state index contributed by atoms with van der Waals surface area (Å²) in [5.74, 6) is -1.07. The number of hydrogen-bond donors (Lipinski definition) is 0. The van der Waals surface area contributed by atoms with Crippen LogP contribution in [0.15, 0.2) is 28.8 Å². The van der Waals surface area contributed by atoms with Gasteiger partial charge in [0.25, 0.3) is 0 Å². The molecule has 2 aromatic rings. The van der Waals surface area contributed by atoms with Gasteiger partial charge in [-0.05, 0) is 37.0 Å². The van der Waals surface area contributed by atoms with E-state index in [1.54, 1.807) is 13.0 Å².